The number of likely N-dealkylation sites (N-methyl/N-ethyl adjacent to an activating group) is 1. The van der Waals surface area contributed by atoms with Crippen LogP contribution in [0.15, 0.2) is 114 Å². The first kappa shape index (κ1) is 34.1. The molecule has 3 aromatic carbocycles. The van der Waals surface area contributed by atoms with Gasteiger partial charge >= 0.3 is 0 Å². The Hall–Kier alpha value is -5.74. The number of rotatable bonds is 13. The molecular weight excluding hydrogens is 584 g/mol. The zero-order valence-corrected chi connectivity index (χ0v) is 26.5. The lowest BCUT2D eigenvalue weighted by molar-refractivity contribution is -0.910. The third-order valence-corrected chi connectivity index (χ3v) is 8.33. The summed E-state index contributed by atoms with van der Waals surface area (Å²) in [4.78, 5) is 5.63. The number of unbranched alkanes of at least 4 members (excludes halogenated alkanes) is 1. The van der Waals surface area contributed by atoms with E-state index < -0.39 is 0 Å². The van der Waals surface area contributed by atoms with E-state index in [1.165, 1.54) is 0 Å². The van der Waals surface area contributed by atoms with Crippen LogP contribution in [0.2, 0.25) is 0 Å². The first-order chi connectivity index (χ1) is 22.9. The Labute approximate surface area is 277 Å². The maximum Gasteiger partial charge on any atom is 0.270 e. The van der Waals surface area contributed by atoms with E-state index in [2.05, 4.69) is 52.2 Å². The maximum absolute atomic E-state index is 10.3. The highest BCUT2D eigenvalue weighted by Gasteiger charge is 2.24. The molecule has 0 saturated heterocycles. The number of aliphatic hydroxyl groups excluding tert-OH is 2. The number of nitrogens with zero attached hydrogens (tertiary/aromatic N) is 6. The van der Waals surface area contributed by atoms with Gasteiger partial charge in [-0.05, 0) is 66.0 Å². The van der Waals surface area contributed by atoms with Crippen LogP contribution >= 0.6 is 0 Å². The van der Waals surface area contributed by atoms with Crippen molar-refractivity contribution >= 4 is 16.8 Å². The largest absolute Gasteiger partial charge is 0.391 e. The van der Waals surface area contributed by atoms with Crippen molar-refractivity contribution in [1.82, 2.24) is 0 Å². The van der Waals surface area contributed by atoms with Crippen LogP contribution in [-0.4, -0.2) is 61.1 Å². The Morgan fingerprint density at radius 3 is 2.28 bits per heavy atom. The molecule has 0 aliphatic carbocycles. The van der Waals surface area contributed by atoms with Gasteiger partial charge < -0.3 is 19.6 Å². The number of benzene rings is 3. The molecule has 2 N–H and O–H groups in total. The average Bonchev–Trinajstić information content (AvgIpc) is 3.10. The number of para-hydroxylation sites is 1. The number of allylic oxidation sites excluding steroid dienone is 6. The van der Waals surface area contributed by atoms with Crippen molar-refractivity contribution < 1.29 is 14.7 Å². The van der Waals surface area contributed by atoms with Crippen LogP contribution in [0.4, 0.5) is 5.69 Å². The summed E-state index contributed by atoms with van der Waals surface area (Å²) in [7, 11) is 2.05. The minimum Gasteiger partial charge on any atom is -0.391 e. The van der Waals surface area contributed by atoms with Gasteiger partial charge in [-0.1, -0.05) is 60.7 Å². The fourth-order valence-corrected chi connectivity index (χ4v) is 5.85. The minimum absolute atomic E-state index is 0.0573. The van der Waals surface area contributed by atoms with Crippen LogP contribution in [0.5, 0.6) is 0 Å². The first-order valence-electron chi connectivity index (χ1n) is 15.5. The van der Waals surface area contributed by atoms with E-state index in [4.69, 9.17) is 6.57 Å². The molecule has 0 unspecified atom stereocenters. The van der Waals surface area contributed by atoms with Gasteiger partial charge in [-0.15, -0.1) is 0 Å². The molecule has 234 valence electrons. The van der Waals surface area contributed by atoms with Gasteiger partial charge in [0.1, 0.15) is 13.1 Å². The van der Waals surface area contributed by atoms with Gasteiger partial charge in [0.2, 0.25) is 0 Å². The molecule has 3 aromatic rings. The highest BCUT2D eigenvalue weighted by Crippen LogP contribution is 2.39. The third kappa shape index (κ3) is 8.30. The Bertz CT molecular complexity index is 1850. The van der Waals surface area contributed by atoms with Gasteiger partial charge in [-0.2, -0.15) is 10.5 Å². The normalized spacial score (nSPS) is 14.2. The van der Waals surface area contributed by atoms with Crippen LogP contribution in [0.25, 0.3) is 16.0 Å². The van der Waals surface area contributed by atoms with Crippen LogP contribution < -0.4 is 4.90 Å². The van der Waals surface area contributed by atoms with Crippen molar-refractivity contribution in [2.45, 2.75) is 12.8 Å². The van der Waals surface area contributed by atoms with Crippen molar-refractivity contribution in [2.75, 3.05) is 51.3 Å². The highest BCUT2D eigenvalue weighted by atomic mass is 16.3. The molecule has 0 saturated carbocycles. The fourth-order valence-electron chi connectivity index (χ4n) is 5.85. The predicted octanol–water partition coefficient (Wildman–Crippen LogP) is 6.21. The summed E-state index contributed by atoms with van der Waals surface area (Å²) in [6.07, 6.45) is 7.29. The van der Waals surface area contributed by atoms with Crippen LogP contribution in [0.3, 0.4) is 0 Å². The van der Waals surface area contributed by atoms with Gasteiger partial charge in [0.15, 0.2) is 0 Å². The summed E-state index contributed by atoms with van der Waals surface area (Å²) >= 11 is 0. The summed E-state index contributed by atoms with van der Waals surface area (Å²) < 4.78 is 0.586. The molecule has 0 radical (unpaired) electrons. The zero-order chi connectivity index (χ0) is 33.6. The third-order valence-electron chi connectivity index (χ3n) is 8.33. The molecule has 0 fully saturated rings. The summed E-state index contributed by atoms with van der Waals surface area (Å²) in [5.41, 5.74) is 5.90. The fraction of sp³-hybridized carbons (Fsp3) is 0.231. The van der Waals surface area contributed by atoms with Crippen molar-refractivity contribution in [3.8, 4) is 18.2 Å². The number of hydrogen-bond acceptors (Lipinski definition) is 6. The molecule has 8 nitrogen and oxygen atoms in total. The molecule has 4 rings (SSSR count). The summed E-state index contributed by atoms with van der Waals surface area (Å²) in [5.74, 6) is 0. The number of nitriles is 3. The number of aliphatic hydroxyl groups is 2. The summed E-state index contributed by atoms with van der Waals surface area (Å²) in [6, 6.07) is 31.1. The maximum atomic E-state index is 10.3. The van der Waals surface area contributed by atoms with E-state index in [1.807, 2.05) is 49.5 Å². The second-order valence-electron chi connectivity index (χ2n) is 11.5. The SMILES string of the molecule is [C-]#[N+]\C(C#N)=C(/C(C#N)=C/C=C1\C=C(c2ccccc2)c2ccccc2N1CCCC[N+](C)(CCO)CCO)c1cccc(C#N)c1. The van der Waals surface area contributed by atoms with Crippen LogP contribution in [0.1, 0.15) is 35.1 Å². The standard InChI is InChI=1S/C39H37N6O2/c1-43-37(29-42)39(32-14-10-11-30(25-32)27-40)33(28-41)17-18-34-26-36(31-12-4-3-5-13-31)35-15-6-7-16-38(35)44(34)19-8-9-20-45(2,21-23-46)22-24-47/h3-7,10-18,25-26,46-47H,8-9,19-24H2,2H3/q+1/b33-17+,34-18+,39-37-. The minimum atomic E-state index is -0.232. The molecule has 0 bridgehead atoms. The van der Waals surface area contributed by atoms with E-state index in [9.17, 15) is 26.0 Å². The predicted molar refractivity (Wildman–Crippen MR) is 184 cm³/mol. The lowest BCUT2D eigenvalue weighted by Crippen LogP contribution is -2.48. The van der Waals surface area contributed by atoms with Crippen molar-refractivity contribution in [3.05, 3.63) is 148 Å². The van der Waals surface area contributed by atoms with Crippen molar-refractivity contribution in [3.63, 3.8) is 0 Å². The molecule has 0 aromatic heterocycles. The van der Waals surface area contributed by atoms with Crippen LogP contribution in [0, 0.1) is 40.6 Å². The highest BCUT2D eigenvalue weighted by molar-refractivity contribution is 5.92. The summed E-state index contributed by atoms with van der Waals surface area (Å²) in [5, 5.41) is 48.8. The molecule has 1 aliphatic rings. The first-order valence-corrected chi connectivity index (χ1v) is 15.5. The molecule has 8 heteroatoms. The van der Waals surface area contributed by atoms with E-state index >= 15 is 0 Å². The van der Waals surface area contributed by atoms with Gasteiger partial charge in [0.25, 0.3) is 5.70 Å². The number of hydrogen-bond donors (Lipinski definition) is 2. The zero-order valence-electron chi connectivity index (χ0n) is 26.5. The number of quaternary nitrogens is 1. The molecule has 0 amide bonds. The van der Waals surface area contributed by atoms with Gasteiger partial charge in [0.05, 0.1) is 62.7 Å². The van der Waals surface area contributed by atoms with E-state index in [-0.39, 0.29) is 30.1 Å². The Morgan fingerprint density at radius 1 is 0.894 bits per heavy atom. The quantitative estimate of drug-likeness (QED) is 0.0770. The van der Waals surface area contributed by atoms with Gasteiger partial charge in [-0.3, -0.25) is 0 Å². The lowest BCUT2D eigenvalue weighted by Gasteiger charge is -2.35. The van der Waals surface area contributed by atoms with Gasteiger partial charge in [-0.25, -0.2) is 10.1 Å². The Kier molecular flexibility index (Phi) is 12.0. The van der Waals surface area contributed by atoms with Gasteiger partial charge in [0, 0.05) is 29.1 Å². The molecule has 0 spiro atoms. The van der Waals surface area contributed by atoms with E-state index in [0.717, 1.165) is 47.5 Å². The topological polar surface area (TPSA) is 119 Å². The monoisotopic (exact) mass is 621 g/mol. The van der Waals surface area contributed by atoms with E-state index in [1.54, 1.807) is 30.3 Å². The van der Waals surface area contributed by atoms with Crippen LogP contribution in [-0.2, 0) is 0 Å². The lowest BCUT2D eigenvalue weighted by atomic mass is 9.91. The second-order valence-corrected chi connectivity index (χ2v) is 11.5. The van der Waals surface area contributed by atoms with Crippen molar-refractivity contribution in [2.24, 2.45) is 0 Å². The molecule has 1 heterocycles. The van der Waals surface area contributed by atoms with E-state index in [0.29, 0.717) is 35.2 Å². The molecule has 47 heavy (non-hydrogen) atoms. The second kappa shape index (κ2) is 16.5. The average molecular weight is 622 g/mol. The number of anilines is 1. The molecular formula is C39H37N6O2+. The van der Waals surface area contributed by atoms with Crippen molar-refractivity contribution in [1.29, 1.82) is 15.8 Å². The molecule has 1 aliphatic heterocycles. The smallest absolute Gasteiger partial charge is 0.270 e. The Balaban J connectivity index is 1.81. The Morgan fingerprint density at radius 2 is 1.62 bits per heavy atom. The summed E-state index contributed by atoms with van der Waals surface area (Å²) in [6.45, 7) is 10.4. The molecule has 0 atom stereocenters. The number of fused-ring (bicyclic) bond motifs is 1.